The number of benzene rings is 2. The van der Waals surface area contributed by atoms with E-state index in [9.17, 15) is 13.2 Å². The van der Waals surface area contributed by atoms with E-state index in [1.165, 1.54) is 11.6 Å². The monoisotopic (exact) mass is 383 g/mol. The highest BCUT2D eigenvalue weighted by Gasteiger charge is 2.36. The molecule has 0 bridgehead atoms. The number of nitrogens with zero attached hydrogens (tertiary/aromatic N) is 1. The molecule has 0 spiro atoms. The Morgan fingerprint density at radius 1 is 1.04 bits per heavy atom. The Hall–Kier alpha value is -2.67. The average molecular weight is 383 g/mol. The Morgan fingerprint density at radius 3 is 2.44 bits per heavy atom. The minimum atomic E-state index is -3.88. The van der Waals surface area contributed by atoms with Crippen LogP contribution in [0.3, 0.4) is 0 Å². The van der Waals surface area contributed by atoms with Gasteiger partial charge in [-0.15, -0.1) is 4.40 Å². The molecule has 140 valence electrons. The number of amides is 1. The van der Waals surface area contributed by atoms with Gasteiger partial charge in [-0.2, -0.15) is 8.42 Å². The molecule has 1 saturated carbocycles. The number of carbonyl (C=O) groups excluding carboxylic acids is 1. The second-order valence-corrected chi connectivity index (χ2v) is 8.64. The van der Waals surface area contributed by atoms with E-state index in [2.05, 4.69) is 27.2 Å². The Balaban J connectivity index is 1.54. The molecule has 0 radical (unpaired) electrons. The number of anilines is 1. The van der Waals surface area contributed by atoms with E-state index in [0.717, 1.165) is 25.7 Å². The van der Waals surface area contributed by atoms with Crippen molar-refractivity contribution in [3.05, 3.63) is 60.2 Å². The maximum atomic E-state index is 12.7. The molecular weight excluding hydrogens is 362 g/mol. The van der Waals surface area contributed by atoms with Crippen molar-refractivity contribution < 1.29 is 13.2 Å². The summed E-state index contributed by atoms with van der Waals surface area (Å²) in [5.41, 5.74) is 1.47. The molecule has 1 fully saturated rings. The van der Waals surface area contributed by atoms with E-state index >= 15 is 0 Å². The molecule has 6 nitrogen and oxygen atoms in total. The van der Waals surface area contributed by atoms with E-state index in [1.807, 2.05) is 18.2 Å². The Morgan fingerprint density at radius 2 is 1.70 bits per heavy atom. The van der Waals surface area contributed by atoms with E-state index < -0.39 is 15.9 Å². The fourth-order valence-corrected chi connectivity index (χ4v) is 5.07. The van der Waals surface area contributed by atoms with Gasteiger partial charge in [0.25, 0.3) is 15.9 Å². The first-order valence-electron chi connectivity index (χ1n) is 9.05. The van der Waals surface area contributed by atoms with Crippen LogP contribution in [-0.2, 0) is 20.2 Å². The van der Waals surface area contributed by atoms with Crippen molar-refractivity contribution in [1.29, 1.82) is 0 Å². The van der Waals surface area contributed by atoms with Crippen LogP contribution >= 0.6 is 0 Å². The van der Waals surface area contributed by atoms with Crippen molar-refractivity contribution in [3.63, 3.8) is 0 Å². The number of amidine groups is 1. The first-order chi connectivity index (χ1) is 13.0. The van der Waals surface area contributed by atoms with Crippen molar-refractivity contribution in [2.45, 2.75) is 36.0 Å². The number of sulfonamides is 1. The third-order valence-corrected chi connectivity index (χ3v) is 6.71. The summed E-state index contributed by atoms with van der Waals surface area (Å²) in [5, 5.41) is 5.74. The molecule has 1 aliphatic carbocycles. The van der Waals surface area contributed by atoms with Gasteiger partial charge in [0.05, 0.1) is 5.69 Å². The highest BCUT2D eigenvalue weighted by Crippen LogP contribution is 2.40. The maximum Gasteiger partial charge on any atom is 0.287 e. The molecule has 1 heterocycles. The topological polar surface area (TPSA) is 87.6 Å². The third kappa shape index (κ3) is 3.35. The van der Waals surface area contributed by atoms with Gasteiger partial charge in [0, 0.05) is 12.0 Å². The lowest BCUT2D eigenvalue weighted by molar-refractivity contribution is -0.115. The number of fused-ring (bicyclic) bond motifs is 1. The summed E-state index contributed by atoms with van der Waals surface area (Å²) < 4.78 is 28.3. The number of hydrogen-bond acceptors (Lipinski definition) is 4. The molecule has 27 heavy (non-hydrogen) atoms. The average Bonchev–Trinajstić information content (AvgIpc) is 3.16. The van der Waals surface area contributed by atoms with Gasteiger partial charge >= 0.3 is 0 Å². The molecular formula is C20H21N3O3S. The van der Waals surface area contributed by atoms with Gasteiger partial charge in [0.2, 0.25) is 5.84 Å². The van der Waals surface area contributed by atoms with Gasteiger partial charge in [-0.25, -0.2) is 0 Å². The van der Waals surface area contributed by atoms with E-state index in [0.29, 0.717) is 12.2 Å². The Kier molecular flexibility index (Phi) is 4.47. The fraction of sp³-hybridized carbons (Fsp3) is 0.300. The van der Waals surface area contributed by atoms with Crippen LogP contribution in [0.2, 0.25) is 0 Å². The van der Waals surface area contributed by atoms with Gasteiger partial charge in [-0.3, -0.25) is 4.79 Å². The predicted octanol–water partition coefficient (Wildman–Crippen LogP) is 2.83. The van der Waals surface area contributed by atoms with Crippen molar-refractivity contribution in [1.82, 2.24) is 5.32 Å². The molecule has 2 aromatic rings. The highest BCUT2D eigenvalue weighted by molar-refractivity contribution is 7.90. The normalized spacial score (nSPS) is 19.5. The summed E-state index contributed by atoms with van der Waals surface area (Å²) in [5.74, 6) is -0.690. The van der Waals surface area contributed by atoms with Gasteiger partial charge in [-0.1, -0.05) is 55.3 Å². The van der Waals surface area contributed by atoms with Crippen molar-refractivity contribution in [2.75, 3.05) is 11.9 Å². The van der Waals surface area contributed by atoms with Crippen LogP contribution in [0.15, 0.2) is 63.9 Å². The Labute approximate surface area is 158 Å². The van der Waals surface area contributed by atoms with Crippen LogP contribution in [0, 0.1) is 0 Å². The first kappa shape index (κ1) is 17.7. The van der Waals surface area contributed by atoms with Crippen molar-refractivity contribution >= 4 is 27.5 Å². The van der Waals surface area contributed by atoms with Gasteiger partial charge in [0.15, 0.2) is 0 Å². The maximum absolute atomic E-state index is 12.7. The zero-order chi connectivity index (χ0) is 18.9. The molecule has 2 aliphatic rings. The smallest absolute Gasteiger partial charge is 0.287 e. The lowest BCUT2D eigenvalue weighted by Crippen LogP contribution is -2.44. The van der Waals surface area contributed by atoms with Crippen LogP contribution in [0.25, 0.3) is 0 Å². The summed E-state index contributed by atoms with van der Waals surface area (Å²) in [4.78, 5) is 12.7. The van der Waals surface area contributed by atoms with Crippen molar-refractivity contribution in [2.24, 2.45) is 4.40 Å². The van der Waals surface area contributed by atoms with Crippen LogP contribution < -0.4 is 10.6 Å². The molecule has 7 heteroatoms. The van der Waals surface area contributed by atoms with Crippen LogP contribution in [-0.4, -0.2) is 26.7 Å². The number of nitrogens with one attached hydrogen (secondary N) is 2. The summed E-state index contributed by atoms with van der Waals surface area (Å²) in [6, 6.07) is 16.6. The molecule has 2 N–H and O–H groups in total. The zero-order valence-electron chi connectivity index (χ0n) is 14.8. The van der Waals surface area contributed by atoms with Gasteiger partial charge < -0.3 is 10.6 Å². The number of carbonyl (C=O) groups is 1. The van der Waals surface area contributed by atoms with Crippen LogP contribution in [0.1, 0.15) is 31.2 Å². The molecule has 4 rings (SSSR count). The predicted molar refractivity (Wildman–Crippen MR) is 104 cm³/mol. The van der Waals surface area contributed by atoms with Crippen molar-refractivity contribution in [3.8, 4) is 0 Å². The second kappa shape index (κ2) is 6.81. The van der Waals surface area contributed by atoms with Crippen LogP contribution in [0.4, 0.5) is 5.69 Å². The standard InChI is InChI=1S/C20H21N3O3S/c24-19(18-22-16-10-4-5-11-17(16)27(25,26)23-18)21-14-20(12-6-7-13-20)15-8-2-1-3-9-15/h1-5,8-11H,6-7,12-14H2,(H,21,24)(H,22,23). The summed E-state index contributed by atoms with van der Waals surface area (Å²) >= 11 is 0. The van der Waals surface area contributed by atoms with E-state index in [1.54, 1.807) is 18.2 Å². The minimum Gasteiger partial charge on any atom is -0.348 e. The quantitative estimate of drug-likeness (QED) is 0.850. The lowest BCUT2D eigenvalue weighted by atomic mass is 9.79. The zero-order valence-corrected chi connectivity index (χ0v) is 15.6. The first-order valence-corrected chi connectivity index (χ1v) is 10.5. The molecule has 0 atom stereocenters. The molecule has 2 aromatic carbocycles. The molecule has 1 aliphatic heterocycles. The Bertz CT molecular complexity index is 994. The molecule has 0 aromatic heterocycles. The summed E-state index contributed by atoms with van der Waals surface area (Å²) in [7, 11) is -3.88. The molecule has 1 amide bonds. The van der Waals surface area contributed by atoms with Crippen LogP contribution in [0.5, 0.6) is 0 Å². The SMILES string of the molecule is O=C(NCC1(c2ccccc2)CCCC1)C1=NS(=O)(=O)c2ccccc2N1. The third-order valence-electron chi connectivity index (χ3n) is 5.38. The number of para-hydroxylation sites is 1. The summed E-state index contributed by atoms with van der Waals surface area (Å²) in [6.07, 6.45) is 4.23. The number of rotatable bonds is 4. The lowest BCUT2D eigenvalue weighted by Gasteiger charge is -2.30. The minimum absolute atomic E-state index is 0.0816. The van der Waals surface area contributed by atoms with E-state index in [4.69, 9.17) is 0 Å². The van der Waals surface area contributed by atoms with E-state index in [-0.39, 0.29) is 16.1 Å². The summed E-state index contributed by atoms with van der Waals surface area (Å²) in [6.45, 7) is 0.457. The largest absolute Gasteiger partial charge is 0.348 e. The second-order valence-electron chi connectivity index (χ2n) is 7.07. The fourth-order valence-electron chi connectivity index (χ4n) is 3.96. The highest BCUT2D eigenvalue weighted by atomic mass is 32.2. The molecule has 0 unspecified atom stereocenters. The number of hydrogen-bond donors (Lipinski definition) is 2. The molecule has 0 saturated heterocycles. The van der Waals surface area contributed by atoms with Gasteiger partial charge in [0.1, 0.15) is 4.90 Å². The van der Waals surface area contributed by atoms with Gasteiger partial charge in [-0.05, 0) is 30.5 Å².